The molecule has 0 rings (SSSR count). The van der Waals surface area contributed by atoms with Crippen LogP contribution >= 0.6 is 0 Å². The average Bonchev–Trinajstić information content (AvgIpc) is 1.84. The molecule has 0 aromatic carbocycles. The molecule has 1 atom stereocenters. The van der Waals surface area contributed by atoms with Gasteiger partial charge in [-0.05, 0) is 21.0 Å². The highest BCUT2D eigenvalue weighted by Gasteiger charge is 2.10. The minimum atomic E-state index is 0.0440. The van der Waals surface area contributed by atoms with Crippen molar-refractivity contribution in [2.75, 3.05) is 27.7 Å². The van der Waals surface area contributed by atoms with Crippen LogP contribution in [0.2, 0.25) is 0 Å². The van der Waals surface area contributed by atoms with Crippen molar-refractivity contribution in [1.82, 2.24) is 4.90 Å². The monoisotopic (exact) mass is 159 g/mol. The van der Waals surface area contributed by atoms with Gasteiger partial charge in [0.05, 0.1) is 6.10 Å². The summed E-state index contributed by atoms with van der Waals surface area (Å²) < 4.78 is 5.11. The van der Waals surface area contributed by atoms with E-state index < -0.39 is 0 Å². The molecular weight excluding hydrogens is 142 g/mol. The molecule has 0 aliphatic heterocycles. The van der Waals surface area contributed by atoms with Crippen LogP contribution in [0, 0.1) is 0 Å². The zero-order valence-electron chi connectivity index (χ0n) is 7.76. The molecule has 0 spiro atoms. The van der Waals surface area contributed by atoms with Gasteiger partial charge in [-0.25, -0.2) is 0 Å². The predicted octanol–water partition coefficient (Wildman–Crippen LogP) is 0.542. The summed E-state index contributed by atoms with van der Waals surface area (Å²) >= 11 is 0. The Morgan fingerprint density at radius 2 is 2.09 bits per heavy atom. The Balaban J connectivity index is 3.66. The van der Waals surface area contributed by atoms with Crippen molar-refractivity contribution in [1.29, 1.82) is 0 Å². The van der Waals surface area contributed by atoms with Crippen LogP contribution in [0.15, 0.2) is 0 Å². The summed E-state index contributed by atoms with van der Waals surface area (Å²) in [6.45, 7) is 2.39. The lowest BCUT2D eigenvalue weighted by molar-refractivity contribution is -0.119. The smallest absolute Gasteiger partial charge is 0.132 e. The van der Waals surface area contributed by atoms with Crippen LogP contribution in [-0.4, -0.2) is 44.5 Å². The number of Topliss-reactive ketones (excluding diaryl/α,β-unsaturated/α-hetero) is 1. The molecule has 0 aromatic heterocycles. The van der Waals surface area contributed by atoms with Crippen LogP contribution in [0.3, 0.4) is 0 Å². The van der Waals surface area contributed by atoms with Gasteiger partial charge in [0.1, 0.15) is 5.78 Å². The fraction of sp³-hybridized carbons (Fsp3) is 0.875. The first-order chi connectivity index (χ1) is 5.06. The van der Waals surface area contributed by atoms with Gasteiger partial charge in [-0.15, -0.1) is 0 Å². The van der Waals surface area contributed by atoms with E-state index >= 15 is 0 Å². The molecule has 0 bridgehead atoms. The van der Waals surface area contributed by atoms with Crippen molar-refractivity contribution in [2.45, 2.75) is 19.4 Å². The molecule has 11 heavy (non-hydrogen) atoms. The van der Waals surface area contributed by atoms with Crippen LogP contribution in [0.1, 0.15) is 13.3 Å². The number of nitrogens with zero attached hydrogens (tertiary/aromatic N) is 1. The van der Waals surface area contributed by atoms with Crippen LogP contribution < -0.4 is 0 Å². The quantitative estimate of drug-likeness (QED) is 0.586. The number of carbonyl (C=O) groups excluding carboxylic acids is 1. The second kappa shape index (κ2) is 5.27. The van der Waals surface area contributed by atoms with E-state index in [1.54, 1.807) is 14.0 Å². The van der Waals surface area contributed by atoms with Gasteiger partial charge < -0.3 is 9.64 Å². The standard InChI is InChI=1S/C8H17NO2/c1-7(10)5-8(11-4)6-9(2)3/h8H,5-6H2,1-4H3. The Hall–Kier alpha value is -0.410. The highest BCUT2D eigenvalue weighted by molar-refractivity contribution is 5.75. The number of carbonyl (C=O) groups is 1. The largest absolute Gasteiger partial charge is 0.380 e. The maximum absolute atomic E-state index is 10.7. The van der Waals surface area contributed by atoms with E-state index in [2.05, 4.69) is 0 Å². The molecule has 0 aliphatic carbocycles. The van der Waals surface area contributed by atoms with Gasteiger partial charge in [-0.1, -0.05) is 0 Å². The number of rotatable bonds is 5. The highest BCUT2D eigenvalue weighted by atomic mass is 16.5. The summed E-state index contributed by atoms with van der Waals surface area (Å²) in [6, 6.07) is 0. The van der Waals surface area contributed by atoms with E-state index in [9.17, 15) is 4.79 Å². The summed E-state index contributed by atoms with van der Waals surface area (Å²) in [5, 5.41) is 0. The topological polar surface area (TPSA) is 29.5 Å². The Morgan fingerprint density at radius 1 is 1.55 bits per heavy atom. The third kappa shape index (κ3) is 6.01. The van der Waals surface area contributed by atoms with Crippen LogP contribution in [0.25, 0.3) is 0 Å². The van der Waals surface area contributed by atoms with Crippen molar-refractivity contribution >= 4 is 5.78 Å². The van der Waals surface area contributed by atoms with Gasteiger partial charge in [0.25, 0.3) is 0 Å². The van der Waals surface area contributed by atoms with E-state index in [-0.39, 0.29) is 11.9 Å². The molecule has 0 N–H and O–H groups in total. The summed E-state index contributed by atoms with van der Waals surface area (Å²) in [5.41, 5.74) is 0. The van der Waals surface area contributed by atoms with Gasteiger partial charge in [0.2, 0.25) is 0 Å². The number of likely N-dealkylation sites (N-methyl/N-ethyl adjacent to an activating group) is 1. The minimum Gasteiger partial charge on any atom is -0.380 e. The van der Waals surface area contributed by atoms with Gasteiger partial charge in [0, 0.05) is 20.1 Å². The zero-order chi connectivity index (χ0) is 8.85. The first-order valence-corrected chi connectivity index (χ1v) is 3.73. The maximum Gasteiger partial charge on any atom is 0.132 e. The van der Waals surface area contributed by atoms with E-state index in [0.717, 1.165) is 6.54 Å². The number of ketones is 1. The van der Waals surface area contributed by atoms with Gasteiger partial charge in [0.15, 0.2) is 0 Å². The molecular formula is C8H17NO2. The summed E-state index contributed by atoms with van der Waals surface area (Å²) in [5.74, 6) is 0.179. The van der Waals surface area contributed by atoms with Crippen molar-refractivity contribution < 1.29 is 9.53 Å². The number of hydrogen-bond acceptors (Lipinski definition) is 3. The summed E-state index contributed by atoms with van der Waals surface area (Å²) in [6.07, 6.45) is 0.553. The van der Waals surface area contributed by atoms with E-state index in [1.807, 2.05) is 19.0 Å². The highest BCUT2D eigenvalue weighted by Crippen LogP contribution is 1.98. The Bertz CT molecular complexity index is 123. The second-order valence-electron chi connectivity index (χ2n) is 3.03. The van der Waals surface area contributed by atoms with Gasteiger partial charge in [-0.3, -0.25) is 4.79 Å². The number of methoxy groups -OCH3 is 1. The van der Waals surface area contributed by atoms with E-state index in [1.165, 1.54) is 0 Å². The minimum absolute atomic E-state index is 0.0440. The van der Waals surface area contributed by atoms with Crippen molar-refractivity contribution in [3.8, 4) is 0 Å². The fourth-order valence-corrected chi connectivity index (χ4v) is 0.950. The van der Waals surface area contributed by atoms with Crippen molar-refractivity contribution in [3.05, 3.63) is 0 Å². The third-order valence-corrected chi connectivity index (χ3v) is 1.42. The fourth-order valence-electron chi connectivity index (χ4n) is 0.950. The number of hydrogen-bond donors (Lipinski definition) is 0. The molecule has 0 saturated heterocycles. The molecule has 3 heteroatoms. The van der Waals surface area contributed by atoms with Gasteiger partial charge >= 0.3 is 0 Å². The van der Waals surface area contributed by atoms with Crippen LogP contribution in [0.4, 0.5) is 0 Å². The average molecular weight is 159 g/mol. The summed E-state index contributed by atoms with van der Waals surface area (Å²) in [7, 11) is 5.56. The molecule has 3 nitrogen and oxygen atoms in total. The molecule has 0 aliphatic rings. The Kier molecular flexibility index (Phi) is 5.07. The van der Waals surface area contributed by atoms with E-state index in [4.69, 9.17) is 4.74 Å². The molecule has 66 valence electrons. The lowest BCUT2D eigenvalue weighted by atomic mass is 10.2. The molecule has 0 fully saturated rings. The van der Waals surface area contributed by atoms with Crippen LogP contribution in [0.5, 0.6) is 0 Å². The Labute approximate surface area is 68.3 Å². The van der Waals surface area contributed by atoms with Crippen molar-refractivity contribution in [2.24, 2.45) is 0 Å². The molecule has 0 heterocycles. The molecule has 0 saturated carbocycles. The molecule has 0 amide bonds. The lowest BCUT2D eigenvalue weighted by Gasteiger charge is -2.18. The normalized spacial score (nSPS) is 13.5. The lowest BCUT2D eigenvalue weighted by Crippen LogP contribution is -2.29. The predicted molar refractivity (Wildman–Crippen MR) is 44.6 cm³/mol. The zero-order valence-corrected chi connectivity index (χ0v) is 7.76. The number of ether oxygens (including phenoxy) is 1. The first-order valence-electron chi connectivity index (χ1n) is 3.73. The summed E-state index contributed by atoms with van der Waals surface area (Å²) in [4.78, 5) is 12.7. The Morgan fingerprint density at radius 3 is 2.36 bits per heavy atom. The second-order valence-corrected chi connectivity index (χ2v) is 3.03. The third-order valence-electron chi connectivity index (χ3n) is 1.42. The van der Waals surface area contributed by atoms with E-state index in [0.29, 0.717) is 6.42 Å². The molecule has 1 unspecified atom stereocenters. The maximum atomic E-state index is 10.7. The first kappa shape index (κ1) is 10.6. The molecule has 0 aromatic rings. The van der Waals surface area contributed by atoms with Crippen molar-refractivity contribution in [3.63, 3.8) is 0 Å². The van der Waals surface area contributed by atoms with Gasteiger partial charge in [-0.2, -0.15) is 0 Å². The van der Waals surface area contributed by atoms with Crippen LogP contribution in [-0.2, 0) is 9.53 Å². The molecule has 0 radical (unpaired) electrons. The SMILES string of the molecule is COC(CC(C)=O)CN(C)C.